The SMILES string of the molecule is Cc1cc(C(=O)CSc2nncc3ccccc23)c(C)n1CC(F)(F)F. The first kappa shape index (κ1) is 18.4. The van der Waals surface area contributed by atoms with E-state index in [0.29, 0.717) is 22.0 Å². The van der Waals surface area contributed by atoms with Crippen molar-refractivity contribution in [3.63, 3.8) is 0 Å². The van der Waals surface area contributed by atoms with E-state index < -0.39 is 12.7 Å². The average Bonchev–Trinajstić information content (AvgIpc) is 2.86. The molecule has 8 heteroatoms. The minimum absolute atomic E-state index is 0.0823. The third-order valence-corrected chi connectivity index (χ3v) is 5.07. The van der Waals surface area contributed by atoms with E-state index in [-0.39, 0.29) is 11.5 Å². The van der Waals surface area contributed by atoms with Gasteiger partial charge in [-0.05, 0) is 19.9 Å². The first-order chi connectivity index (χ1) is 12.3. The zero-order valence-corrected chi connectivity index (χ0v) is 15.0. The number of hydrogen-bond donors (Lipinski definition) is 0. The van der Waals surface area contributed by atoms with E-state index in [1.165, 1.54) is 24.8 Å². The van der Waals surface area contributed by atoms with Crippen LogP contribution in [0.4, 0.5) is 13.2 Å². The summed E-state index contributed by atoms with van der Waals surface area (Å²) in [6, 6.07) is 9.07. The normalized spacial score (nSPS) is 11.9. The van der Waals surface area contributed by atoms with Crippen molar-refractivity contribution in [1.82, 2.24) is 14.8 Å². The predicted octanol–water partition coefficient (Wildman–Crippen LogP) is 4.59. The van der Waals surface area contributed by atoms with E-state index in [2.05, 4.69) is 10.2 Å². The highest BCUT2D eigenvalue weighted by atomic mass is 32.2. The van der Waals surface area contributed by atoms with E-state index in [0.717, 1.165) is 15.3 Å². The van der Waals surface area contributed by atoms with Crippen molar-refractivity contribution in [1.29, 1.82) is 0 Å². The molecule has 0 bridgehead atoms. The van der Waals surface area contributed by atoms with Gasteiger partial charge in [-0.25, -0.2) is 0 Å². The molecular weight excluding hydrogens is 363 g/mol. The van der Waals surface area contributed by atoms with E-state index in [4.69, 9.17) is 0 Å². The summed E-state index contributed by atoms with van der Waals surface area (Å²) < 4.78 is 39.2. The molecule has 26 heavy (non-hydrogen) atoms. The zero-order valence-electron chi connectivity index (χ0n) is 14.2. The number of halogens is 3. The van der Waals surface area contributed by atoms with Crippen molar-refractivity contribution in [2.24, 2.45) is 0 Å². The number of thioether (sulfide) groups is 1. The molecule has 1 aromatic carbocycles. The molecule has 0 saturated heterocycles. The highest BCUT2D eigenvalue weighted by Crippen LogP contribution is 2.27. The molecule has 0 atom stereocenters. The number of alkyl halides is 3. The number of carbonyl (C=O) groups excluding carboxylic acids is 1. The van der Waals surface area contributed by atoms with Gasteiger partial charge >= 0.3 is 6.18 Å². The number of aryl methyl sites for hydroxylation is 1. The molecule has 0 aliphatic rings. The number of ketones is 1. The molecule has 0 spiro atoms. The van der Waals surface area contributed by atoms with Gasteiger partial charge in [-0.2, -0.15) is 18.3 Å². The summed E-state index contributed by atoms with van der Waals surface area (Å²) in [5.74, 6) is -0.148. The second-order valence-corrected chi connectivity index (χ2v) is 6.90. The van der Waals surface area contributed by atoms with Gasteiger partial charge in [0.2, 0.25) is 0 Å². The van der Waals surface area contributed by atoms with Crippen molar-refractivity contribution in [3.05, 3.63) is 53.5 Å². The fourth-order valence-corrected chi connectivity index (χ4v) is 3.70. The van der Waals surface area contributed by atoms with Crippen LogP contribution in [0.2, 0.25) is 0 Å². The number of hydrogen-bond acceptors (Lipinski definition) is 4. The third kappa shape index (κ3) is 3.90. The molecule has 2 heterocycles. The number of Topliss-reactive ketones (excluding diaryl/α,β-unsaturated/α-hetero) is 1. The maximum Gasteiger partial charge on any atom is 0.406 e. The molecular formula is C18H16F3N3OS. The Morgan fingerprint density at radius 2 is 1.96 bits per heavy atom. The minimum Gasteiger partial charge on any atom is -0.339 e. The molecule has 0 fully saturated rings. The molecule has 0 radical (unpaired) electrons. The Labute approximate surface area is 152 Å². The van der Waals surface area contributed by atoms with Gasteiger partial charge in [0.05, 0.1) is 11.9 Å². The van der Waals surface area contributed by atoms with Crippen LogP contribution < -0.4 is 0 Å². The van der Waals surface area contributed by atoms with Crippen LogP contribution in [0.25, 0.3) is 10.8 Å². The lowest BCUT2D eigenvalue weighted by molar-refractivity contribution is -0.141. The minimum atomic E-state index is -4.33. The van der Waals surface area contributed by atoms with Crippen LogP contribution >= 0.6 is 11.8 Å². The molecule has 0 N–H and O–H groups in total. The van der Waals surface area contributed by atoms with Crippen molar-refractivity contribution in [3.8, 4) is 0 Å². The molecule has 2 aromatic heterocycles. The summed E-state index contributed by atoms with van der Waals surface area (Å²) in [6.07, 6.45) is -2.69. The Bertz CT molecular complexity index is 961. The first-order valence-corrected chi connectivity index (χ1v) is 8.85. The highest BCUT2D eigenvalue weighted by molar-refractivity contribution is 8.00. The van der Waals surface area contributed by atoms with E-state index >= 15 is 0 Å². The topological polar surface area (TPSA) is 47.8 Å². The van der Waals surface area contributed by atoms with Crippen LogP contribution in [0.15, 0.2) is 41.6 Å². The molecule has 0 unspecified atom stereocenters. The summed E-state index contributed by atoms with van der Waals surface area (Å²) in [7, 11) is 0. The van der Waals surface area contributed by atoms with Gasteiger partial charge in [0.1, 0.15) is 11.6 Å². The van der Waals surface area contributed by atoms with Crippen molar-refractivity contribution in [2.45, 2.75) is 31.6 Å². The monoisotopic (exact) mass is 379 g/mol. The number of carbonyl (C=O) groups is 1. The second-order valence-electron chi connectivity index (χ2n) is 5.93. The van der Waals surface area contributed by atoms with Crippen LogP contribution in [0.5, 0.6) is 0 Å². The summed E-state index contributed by atoms with van der Waals surface area (Å²) >= 11 is 1.24. The standard InChI is InChI=1S/C18H16F3N3OS/c1-11-7-15(12(2)24(11)10-18(19,20)21)16(25)9-26-17-14-6-4-3-5-13(14)8-22-23-17/h3-8H,9-10H2,1-2H3. The summed E-state index contributed by atoms with van der Waals surface area (Å²) in [6.45, 7) is 2.01. The van der Waals surface area contributed by atoms with Crippen LogP contribution in [-0.4, -0.2) is 32.5 Å². The lowest BCUT2D eigenvalue weighted by Gasteiger charge is -2.12. The Morgan fingerprint density at radius 3 is 2.69 bits per heavy atom. The van der Waals surface area contributed by atoms with Gasteiger partial charge in [0.25, 0.3) is 0 Å². The quantitative estimate of drug-likeness (QED) is 0.481. The smallest absolute Gasteiger partial charge is 0.339 e. The van der Waals surface area contributed by atoms with Gasteiger partial charge < -0.3 is 4.57 Å². The lowest BCUT2D eigenvalue weighted by Crippen LogP contribution is -2.19. The molecule has 136 valence electrons. The Balaban J connectivity index is 1.79. The van der Waals surface area contributed by atoms with E-state index in [9.17, 15) is 18.0 Å². The summed E-state index contributed by atoms with van der Waals surface area (Å²) in [5.41, 5.74) is 1.06. The van der Waals surface area contributed by atoms with Gasteiger partial charge in [-0.3, -0.25) is 4.79 Å². The number of fused-ring (bicyclic) bond motifs is 1. The zero-order chi connectivity index (χ0) is 18.9. The fourth-order valence-electron chi connectivity index (χ4n) is 2.83. The fraction of sp³-hybridized carbons (Fsp3) is 0.278. The number of nitrogens with zero attached hydrogens (tertiary/aromatic N) is 3. The van der Waals surface area contributed by atoms with Gasteiger partial charge in [0, 0.05) is 27.7 Å². The molecule has 4 nitrogen and oxygen atoms in total. The Morgan fingerprint density at radius 1 is 1.23 bits per heavy atom. The molecule has 3 aromatic rings. The second kappa shape index (κ2) is 7.11. The molecule has 0 amide bonds. The van der Waals surface area contributed by atoms with Gasteiger partial charge in [-0.1, -0.05) is 36.0 Å². The van der Waals surface area contributed by atoms with Crippen molar-refractivity contribution in [2.75, 3.05) is 5.75 Å². The maximum atomic E-state index is 12.7. The molecule has 0 aliphatic heterocycles. The lowest BCUT2D eigenvalue weighted by atomic mass is 10.2. The van der Waals surface area contributed by atoms with E-state index in [1.807, 2.05) is 24.3 Å². The number of benzene rings is 1. The van der Waals surface area contributed by atoms with E-state index in [1.54, 1.807) is 13.1 Å². The number of rotatable bonds is 5. The van der Waals surface area contributed by atoms with Crippen molar-refractivity contribution < 1.29 is 18.0 Å². The first-order valence-electron chi connectivity index (χ1n) is 7.86. The summed E-state index contributed by atoms with van der Waals surface area (Å²) in [4.78, 5) is 12.5. The maximum absolute atomic E-state index is 12.7. The van der Waals surface area contributed by atoms with Crippen LogP contribution in [0.1, 0.15) is 21.7 Å². The third-order valence-electron chi connectivity index (χ3n) is 4.09. The average molecular weight is 379 g/mol. The van der Waals surface area contributed by atoms with Crippen LogP contribution in [0.3, 0.4) is 0 Å². The molecule has 3 rings (SSSR count). The Hall–Kier alpha value is -2.35. The van der Waals surface area contributed by atoms with Gasteiger partial charge in [-0.15, -0.1) is 5.10 Å². The highest BCUT2D eigenvalue weighted by Gasteiger charge is 2.30. The van der Waals surface area contributed by atoms with Crippen LogP contribution in [0, 0.1) is 13.8 Å². The van der Waals surface area contributed by atoms with Crippen LogP contribution in [-0.2, 0) is 6.54 Å². The molecule has 0 saturated carbocycles. The Kier molecular flexibility index (Phi) is 5.04. The molecule has 0 aliphatic carbocycles. The van der Waals surface area contributed by atoms with Crippen molar-refractivity contribution >= 4 is 28.3 Å². The largest absolute Gasteiger partial charge is 0.406 e. The number of aromatic nitrogens is 3. The summed E-state index contributed by atoms with van der Waals surface area (Å²) in [5, 5.41) is 10.4. The predicted molar refractivity (Wildman–Crippen MR) is 94.6 cm³/mol. The van der Waals surface area contributed by atoms with Gasteiger partial charge in [0.15, 0.2) is 5.78 Å².